The summed E-state index contributed by atoms with van der Waals surface area (Å²) >= 11 is 6.40. The Labute approximate surface area is 213 Å². The number of piperazine rings is 1. The number of pyridine rings is 2. The summed E-state index contributed by atoms with van der Waals surface area (Å²) in [6.45, 7) is 6.81. The SMILES string of the molecule is CNC(=O)COc1cc2c(F)c(Nc3cc(N4CCN(C)CC4)ncc3Cl)ccc2n(C(C)C)c1=O. The van der Waals surface area contributed by atoms with Crippen LogP contribution in [0.1, 0.15) is 19.9 Å². The predicted molar refractivity (Wildman–Crippen MR) is 140 cm³/mol. The van der Waals surface area contributed by atoms with E-state index >= 15 is 4.39 Å². The number of halogens is 2. The number of ether oxygens (including phenoxy) is 1. The van der Waals surface area contributed by atoms with E-state index in [-0.39, 0.29) is 29.5 Å². The van der Waals surface area contributed by atoms with Crippen LogP contribution in [0.4, 0.5) is 21.6 Å². The molecule has 1 amide bonds. The van der Waals surface area contributed by atoms with E-state index in [4.69, 9.17) is 16.3 Å². The van der Waals surface area contributed by atoms with Gasteiger partial charge in [0, 0.05) is 50.7 Å². The second-order valence-electron chi connectivity index (χ2n) is 9.04. The van der Waals surface area contributed by atoms with Gasteiger partial charge in [-0.05, 0) is 39.1 Å². The third-order valence-electron chi connectivity index (χ3n) is 6.21. The van der Waals surface area contributed by atoms with Crippen LogP contribution in [0, 0.1) is 5.82 Å². The average Bonchev–Trinajstić information content (AvgIpc) is 2.86. The van der Waals surface area contributed by atoms with Crippen molar-refractivity contribution in [2.45, 2.75) is 19.9 Å². The highest BCUT2D eigenvalue weighted by Crippen LogP contribution is 2.33. The number of anilines is 3. The Morgan fingerprint density at radius 2 is 1.92 bits per heavy atom. The molecule has 192 valence electrons. The summed E-state index contributed by atoms with van der Waals surface area (Å²) in [7, 11) is 3.55. The highest BCUT2D eigenvalue weighted by atomic mass is 35.5. The Hall–Kier alpha value is -3.37. The molecular weight excluding hydrogens is 487 g/mol. The molecule has 36 heavy (non-hydrogen) atoms. The van der Waals surface area contributed by atoms with Crippen LogP contribution >= 0.6 is 11.6 Å². The molecule has 0 bridgehead atoms. The molecule has 1 aliphatic heterocycles. The minimum atomic E-state index is -0.569. The number of rotatable bonds is 7. The maximum Gasteiger partial charge on any atom is 0.293 e. The number of aromatic nitrogens is 2. The number of hydrogen-bond acceptors (Lipinski definition) is 7. The lowest BCUT2D eigenvalue weighted by Gasteiger charge is -2.33. The number of carbonyl (C=O) groups is 1. The molecule has 1 fully saturated rings. The lowest BCUT2D eigenvalue weighted by atomic mass is 10.1. The molecular formula is C25H30ClFN6O3. The van der Waals surface area contributed by atoms with Gasteiger partial charge in [0.2, 0.25) is 0 Å². The van der Waals surface area contributed by atoms with Crippen LogP contribution in [0.25, 0.3) is 10.9 Å². The molecule has 0 aliphatic carbocycles. The third-order valence-corrected chi connectivity index (χ3v) is 6.51. The van der Waals surface area contributed by atoms with Gasteiger partial charge in [0.15, 0.2) is 18.2 Å². The highest BCUT2D eigenvalue weighted by molar-refractivity contribution is 6.33. The molecule has 0 atom stereocenters. The van der Waals surface area contributed by atoms with Gasteiger partial charge in [0.25, 0.3) is 11.5 Å². The largest absolute Gasteiger partial charge is 0.478 e. The molecule has 0 spiro atoms. The van der Waals surface area contributed by atoms with Crippen molar-refractivity contribution in [3.05, 3.63) is 51.7 Å². The molecule has 1 aromatic carbocycles. The predicted octanol–water partition coefficient (Wildman–Crippen LogP) is 3.39. The summed E-state index contributed by atoms with van der Waals surface area (Å²) in [4.78, 5) is 33.5. The molecule has 4 rings (SSSR count). The van der Waals surface area contributed by atoms with Gasteiger partial charge in [-0.2, -0.15) is 0 Å². The van der Waals surface area contributed by atoms with E-state index in [2.05, 4.69) is 32.5 Å². The number of benzene rings is 1. The van der Waals surface area contributed by atoms with Crippen LogP contribution in [-0.2, 0) is 4.79 Å². The van der Waals surface area contributed by atoms with Crippen molar-refractivity contribution in [1.82, 2.24) is 19.8 Å². The summed E-state index contributed by atoms with van der Waals surface area (Å²) < 4.78 is 22.7. The van der Waals surface area contributed by atoms with Crippen molar-refractivity contribution >= 4 is 45.6 Å². The fourth-order valence-electron chi connectivity index (χ4n) is 4.16. The lowest BCUT2D eigenvalue weighted by molar-refractivity contribution is -0.122. The van der Waals surface area contributed by atoms with Gasteiger partial charge in [0.05, 0.1) is 28.1 Å². The van der Waals surface area contributed by atoms with Crippen molar-refractivity contribution in [3.63, 3.8) is 0 Å². The first-order valence-electron chi connectivity index (χ1n) is 11.8. The van der Waals surface area contributed by atoms with Gasteiger partial charge in [0.1, 0.15) is 5.82 Å². The van der Waals surface area contributed by atoms with Gasteiger partial charge in [-0.25, -0.2) is 9.37 Å². The fraction of sp³-hybridized carbons (Fsp3) is 0.400. The van der Waals surface area contributed by atoms with E-state index in [0.29, 0.717) is 16.2 Å². The van der Waals surface area contributed by atoms with Gasteiger partial charge in [-0.3, -0.25) is 9.59 Å². The Bertz CT molecular complexity index is 1340. The zero-order valence-electron chi connectivity index (χ0n) is 20.8. The molecule has 11 heteroatoms. The maximum absolute atomic E-state index is 15.8. The highest BCUT2D eigenvalue weighted by Gasteiger charge is 2.20. The van der Waals surface area contributed by atoms with Crippen molar-refractivity contribution in [1.29, 1.82) is 0 Å². The normalized spacial score (nSPS) is 14.4. The number of fused-ring (bicyclic) bond motifs is 1. The zero-order valence-corrected chi connectivity index (χ0v) is 21.5. The number of carbonyl (C=O) groups excluding carboxylic acids is 1. The fourth-order valence-corrected chi connectivity index (χ4v) is 4.31. The first-order chi connectivity index (χ1) is 17.2. The first kappa shape index (κ1) is 25.7. The monoisotopic (exact) mass is 516 g/mol. The molecule has 9 nitrogen and oxygen atoms in total. The van der Waals surface area contributed by atoms with E-state index in [9.17, 15) is 9.59 Å². The van der Waals surface area contributed by atoms with Crippen LogP contribution in [-0.4, -0.2) is 67.2 Å². The number of hydrogen-bond donors (Lipinski definition) is 2. The lowest BCUT2D eigenvalue weighted by Crippen LogP contribution is -2.44. The van der Waals surface area contributed by atoms with Crippen molar-refractivity contribution in [2.24, 2.45) is 0 Å². The van der Waals surface area contributed by atoms with Crippen LogP contribution in [0.15, 0.2) is 35.3 Å². The summed E-state index contributed by atoms with van der Waals surface area (Å²) in [5.41, 5.74) is 0.693. The second-order valence-corrected chi connectivity index (χ2v) is 9.44. The van der Waals surface area contributed by atoms with Gasteiger partial charge in [-0.1, -0.05) is 11.6 Å². The van der Waals surface area contributed by atoms with Crippen molar-refractivity contribution < 1.29 is 13.9 Å². The van der Waals surface area contributed by atoms with Crippen LogP contribution in [0.3, 0.4) is 0 Å². The molecule has 1 saturated heterocycles. The smallest absolute Gasteiger partial charge is 0.293 e. The average molecular weight is 517 g/mol. The zero-order chi connectivity index (χ0) is 26.0. The molecule has 3 aromatic rings. The molecule has 2 aromatic heterocycles. The first-order valence-corrected chi connectivity index (χ1v) is 12.1. The Morgan fingerprint density at radius 1 is 1.19 bits per heavy atom. The second kappa shape index (κ2) is 10.7. The molecule has 0 radical (unpaired) electrons. The summed E-state index contributed by atoms with van der Waals surface area (Å²) in [5, 5.41) is 6.06. The van der Waals surface area contributed by atoms with Gasteiger partial charge < -0.3 is 29.7 Å². The Morgan fingerprint density at radius 3 is 2.58 bits per heavy atom. The molecule has 2 N–H and O–H groups in total. The molecule has 0 unspecified atom stereocenters. The summed E-state index contributed by atoms with van der Waals surface area (Å²) in [5.74, 6) is -0.310. The van der Waals surface area contributed by atoms with Crippen LogP contribution < -0.4 is 25.8 Å². The van der Waals surface area contributed by atoms with E-state index in [1.807, 2.05) is 19.9 Å². The minimum absolute atomic E-state index is 0.102. The van der Waals surface area contributed by atoms with E-state index in [1.54, 1.807) is 18.3 Å². The molecule has 0 saturated carbocycles. The number of nitrogens with zero attached hydrogens (tertiary/aromatic N) is 4. The van der Waals surface area contributed by atoms with E-state index < -0.39 is 17.3 Å². The topological polar surface area (TPSA) is 91.7 Å². The standard InChI is InChI=1S/C25H30ClFN6O3/c1-15(2)33-20-6-5-18(24(27)16(20)11-21(25(33)35)36-14-23(34)28-3)30-19-12-22(29-13-17(19)26)32-9-7-31(4)8-10-32/h5-6,11-13,15H,7-10,14H2,1-4H3,(H,28,34)(H,29,30). The number of nitrogens with one attached hydrogen (secondary N) is 2. The summed E-state index contributed by atoms with van der Waals surface area (Å²) in [6.07, 6.45) is 1.55. The summed E-state index contributed by atoms with van der Waals surface area (Å²) in [6, 6.07) is 6.14. The van der Waals surface area contributed by atoms with E-state index in [0.717, 1.165) is 32.0 Å². The number of likely N-dealkylation sites (N-methyl/N-ethyl adjacent to an activating group) is 2. The van der Waals surface area contributed by atoms with Gasteiger partial charge in [-0.15, -0.1) is 0 Å². The van der Waals surface area contributed by atoms with E-state index in [1.165, 1.54) is 17.7 Å². The quantitative estimate of drug-likeness (QED) is 0.497. The maximum atomic E-state index is 15.8. The Balaban J connectivity index is 1.72. The third kappa shape index (κ3) is 5.24. The van der Waals surface area contributed by atoms with Crippen LogP contribution in [0.5, 0.6) is 5.75 Å². The van der Waals surface area contributed by atoms with Crippen LogP contribution in [0.2, 0.25) is 5.02 Å². The molecule has 3 heterocycles. The number of amides is 1. The minimum Gasteiger partial charge on any atom is -0.478 e. The van der Waals surface area contributed by atoms with Crippen molar-refractivity contribution in [2.75, 3.05) is 57.1 Å². The molecule has 1 aliphatic rings. The van der Waals surface area contributed by atoms with Gasteiger partial charge >= 0.3 is 0 Å². The van der Waals surface area contributed by atoms with Crippen molar-refractivity contribution in [3.8, 4) is 5.75 Å². The Kier molecular flexibility index (Phi) is 7.65.